The maximum atomic E-state index is 12.5. The largest absolute Gasteiger partial charge is 0.399 e. The number of anilines is 1. The molecule has 20 heavy (non-hydrogen) atoms. The van der Waals surface area contributed by atoms with E-state index < -0.39 is 0 Å². The van der Waals surface area contributed by atoms with Crippen molar-refractivity contribution in [1.29, 1.82) is 0 Å². The first kappa shape index (κ1) is 15.1. The molecule has 1 heterocycles. The van der Waals surface area contributed by atoms with Crippen LogP contribution in [-0.4, -0.2) is 17.9 Å². The molecule has 0 aliphatic heterocycles. The second-order valence-corrected chi connectivity index (χ2v) is 7.20. The molecule has 1 aromatic carbocycles. The standard InChI is InChI=1S/C15H17BrN2OS/c1-9-7-13(20-14(9)16)15(19)18(3)10(2)11-5-4-6-12(17)8-11/h4-8,10H,17H2,1-3H3. The fourth-order valence-electron chi connectivity index (χ4n) is 1.96. The lowest BCUT2D eigenvalue weighted by molar-refractivity contribution is 0.0747. The lowest BCUT2D eigenvalue weighted by atomic mass is 10.1. The Kier molecular flexibility index (Phi) is 4.50. The van der Waals surface area contributed by atoms with Crippen molar-refractivity contribution >= 4 is 38.9 Å². The Morgan fingerprint density at radius 2 is 2.10 bits per heavy atom. The average molecular weight is 353 g/mol. The first-order valence-electron chi connectivity index (χ1n) is 6.28. The molecule has 0 spiro atoms. The zero-order chi connectivity index (χ0) is 14.9. The van der Waals surface area contributed by atoms with Crippen LogP contribution in [0.5, 0.6) is 0 Å². The Morgan fingerprint density at radius 3 is 2.65 bits per heavy atom. The van der Waals surface area contributed by atoms with Gasteiger partial charge in [-0.05, 0) is 59.1 Å². The Balaban J connectivity index is 2.22. The first-order valence-corrected chi connectivity index (χ1v) is 7.89. The maximum Gasteiger partial charge on any atom is 0.264 e. The van der Waals surface area contributed by atoms with Crippen molar-refractivity contribution < 1.29 is 4.79 Å². The molecule has 1 aromatic heterocycles. The van der Waals surface area contributed by atoms with Gasteiger partial charge < -0.3 is 10.6 Å². The molecule has 2 N–H and O–H groups in total. The quantitative estimate of drug-likeness (QED) is 0.840. The third-order valence-corrected chi connectivity index (χ3v) is 5.49. The zero-order valence-electron chi connectivity index (χ0n) is 11.7. The van der Waals surface area contributed by atoms with Crippen molar-refractivity contribution in [2.45, 2.75) is 19.9 Å². The van der Waals surface area contributed by atoms with Crippen LogP contribution in [0.25, 0.3) is 0 Å². The third kappa shape index (κ3) is 3.04. The Hall–Kier alpha value is -1.33. The van der Waals surface area contributed by atoms with Gasteiger partial charge in [0, 0.05) is 12.7 Å². The molecule has 0 bridgehead atoms. The van der Waals surface area contributed by atoms with Crippen LogP contribution in [-0.2, 0) is 0 Å². The third-order valence-electron chi connectivity index (χ3n) is 3.36. The second kappa shape index (κ2) is 5.97. The highest BCUT2D eigenvalue weighted by Gasteiger charge is 2.21. The van der Waals surface area contributed by atoms with Gasteiger partial charge in [0.25, 0.3) is 5.91 Å². The fourth-order valence-corrected chi connectivity index (χ4v) is 3.48. The molecule has 1 unspecified atom stereocenters. The predicted molar refractivity (Wildman–Crippen MR) is 88.1 cm³/mol. The van der Waals surface area contributed by atoms with Crippen LogP contribution >= 0.6 is 27.3 Å². The average Bonchev–Trinajstić information content (AvgIpc) is 2.76. The van der Waals surface area contributed by atoms with Gasteiger partial charge >= 0.3 is 0 Å². The summed E-state index contributed by atoms with van der Waals surface area (Å²) in [6.45, 7) is 3.99. The summed E-state index contributed by atoms with van der Waals surface area (Å²) in [4.78, 5) is 15.0. The predicted octanol–water partition coefficient (Wildman–Crippen LogP) is 4.23. The van der Waals surface area contributed by atoms with E-state index in [1.807, 2.05) is 51.2 Å². The van der Waals surface area contributed by atoms with Crippen molar-refractivity contribution in [3.63, 3.8) is 0 Å². The van der Waals surface area contributed by atoms with Crippen molar-refractivity contribution in [3.05, 3.63) is 50.1 Å². The van der Waals surface area contributed by atoms with E-state index in [9.17, 15) is 4.79 Å². The SMILES string of the molecule is Cc1cc(C(=O)N(C)C(C)c2cccc(N)c2)sc1Br. The summed E-state index contributed by atoms with van der Waals surface area (Å²) in [5.74, 6) is 0.0266. The second-order valence-electron chi connectivity index (χ2n) is 4.83. The van der Waals surface area contributed by atoms with Crippen LogP contribution < -0.4 is 5.73 Å². The molecule has 0 saturated carbocycles. The van der Waals surface area contributed by atoms with Gasteiger partial charge in [-0.2, -0.15) is 0 Å². The molecule has 0 fully saturated rings. The zero-order valence-corrected chi connectivity index (χ0v) is 14.1. The number of nitrogens with two attached hydrogens (primary N) is 1. The molecule has 1 atom stereocenters. The number of aryl methyl sites for hydroxylation is 1. The van der Waals surface area contributed by atoms with Crippen molar-refractivity contribution in [1.82, 2.24) is 4.90 Å². The number of hydrogen-bond donors (Lipinski definition) is 1. The van der Waals surface area contributed by atoms with E-state index in [1.54, 1.807) is 4.90 Å². The van der Waals surface area contributed by atoms with E-state index in [-0.39, 0.29) is 11.9 Å². The topological polar surface area (TPSA) is 46.3 Å². The van der Waals surface area contributed by atoms with E-state index in [1.165, 1.54) is 11.3 Å². The van der Waals surface area contributed by atoms with E-state index >= 15 is 0 Å². The summed E-state index contributed by atoms with van der Waals surface area (Å²) in [5, 5.41) is 0. The van der Waals surface area contributed by atoms with E-state index in [0.29, 0.717) is 5.69 Å². The van der Waals surface area contributed by atoms with Crippen LogP contribution in [0.1, 0.15) is 33.8 Å². The minimum absolute atomic E-state index is 0.0211. The van der Waals surface area contributed by atoms with Crippen LogP contribution in [0.15, 0.2) is 34.1 Å². The van der Waals surface area contributed by atoms with Gasteiger partial charge in [0.2, 0.25) is 0 Å². The smallest absolute Gasteiger partial charge is 0.264 e. The number of amides is 1. The van der Waals surface area contributed by atoms with Gasteiger partial charge in [0.05, 0.1) is 14.7 Å². The van der Waals surface area contributed by atoms with Crippen molar-refractivity contribution in [2.24, 2.45) is 0 Å². The normalized spacial score (nSPS) is 12.2. The monoisotopic (exact) mass is 352 g/mol. The number of rotatable bonds is 3. The Labute approximate surface area is 131 Å². The van der Waals surface area contributed by atoms with Crippen molar-refractivity contribution in [2.75, 3.05) is 12.8 Å². The molecule has 2 rings (SSSR count). The summed E-state index contributed by atoms with van der Waals surface area (Å²) in [7, 11) is 1.82. The van der Waals surface area contributed by atoms with Gasteiger partial charge in [0.15, 0.2) is 0 Å². The molecule has 0 saturated heterocycles. The number of nitrogen functional groups attached to an aromatic ring is 1. The summed E-state index contributed by atoms with van der Waals surface area (Å²) in [6.07, 6.45) is 0. The maximum absolute atomic E-state index is 12.5. The molecule has 5 heteroatoms. The van der Waals surface area contributed by atoms with Crippen molar-refractivity contribution in [3.8, 4) is 0 Å². The van der Waals surface area contributed by atoms with Gasteiger partial charge in [-0.25, -0.2) is 0 Å². The van der Waals surface area contributed by atoms with Crippen LogP contribution in [0, 0.1) is 6.92 Å². The summed E-state index contributed by atoms with van der Waals surface area (Å²) in [5.41, 5.74) is 8.63. The number of carbonyl (C=O) groups excluding carboxylic acids is 1. The highest BCUT2D eigenvalue weighted by atomic mass is 79.9. The molecular formula is C15H17BrN2OS. The van der Waals surface area contributed by atoms with Crippen LogP contribution in [0.4, 0.5) is 5.69 Å². The van der Waals surface area contributed by atoms with Crippen LogP contribution in [0.3, 0.4) is 0 Å². The Morgan fingerprint density at radius 1 is 1.40 bits per heavy atom. The first-order chi connectivity index (χ1) is 9.40. The number of halogens is 1. The number of benzene rings is 1. The molecular weight excluding hydrogens is 336 g/mol. The van der Waals surface area contributed by atoms with Gasteiger partial charge in [-0.15, -0.1) is 11.3 Å². The minimum Gasteiger partial charge on any atom is -0.399 e. The molecule has 3 nitrogen and oxygen atoms in total. The summed E-state index contributed by atoms with van der Waals surface area (Å²) in [6, 6.07) is 9.54. The highest BCUT2D eigenvalue weighted by molar-refractivity contribution is 9.11. The number of nitrogens with zero attached hydrogens (tertiary/aromatic N) is 1. The summed E-state index contributed by atoms with van der Waals surface area (Å²) < 4.78 is 1.01. The number of thiophene rings is 1. The molecule has 2 aromatic rings. The van der Waals surface area contributed by atoms with Gasteiger partial charge in [0.1, 0.15) is 0 Å². The Bertz CT molecular complexity index is 619. The molecule has 0 aliphatic carbocycles. The van der Waals surface area contributed by atoms with Gasteiger partial charge in [-0.1, -0.05) is 12.1 Å². The van der Waals surface area contributed by atoms with E-state index in [2.05, 4.69) is 15.9 Å². The number of carbonyl (C=O) groups is 1. The highest BCUT2D eigenvalue weighted by Crippen LogP contribution is 2.30. The van der Waals surface area contributed by atoms with E-state index in [0.717, 1.165) is 19.8 Å². The fraction of sp³-hybridized carbons (Fsp3) is 0.267. The lowest BCUT2D eigenvalue weighted by Crippen LogP contribution is -2.29. The molecule has 1 amide bonds. The number of hydrogen-bond acceptors (Lipinski definition) is 3. The molecule has 0 radical (unpaired) electrons. The summed E-state index contributed by atoms with van der Waals surface area (Å²) >= 11 is 4.92. The van der Waals surface area contributed by atoms with E-state index in [4.69, 9.17) is 5.73 Å². The molecule has 0 aliphatic rings. The van der Waals surface area contributed by atoms with Gasteiger partial charge in [-0.3, -0.25) is 4.79 Å². The molecule has 106 valence electrons. The lowest BCUT2D eigenvalue weighted by Gasteiger charge is -2.25. The van der Waals surface area contributed by atoms with Crippen LogP contribution in [0.2, 0.25) is 0 Å². The minimum atomic E-state index is -0.0211.